The van der Waals surface area contributed by atoms with Gasteiger partial charge in [-0.25, -0.2) is 4.98 Å². The van der Waals surface area contributed by atoms with Gasteiger partial charge in [0.15, 0.2) is 5.96 Å². The first-order valence-corrected chi connectivity index (χ1v) is 7.88. The Morgan fingerprint density at radius 3 is 2.67 bits per heavy atom. The minimum Gasteiger partial charge on any atom is -0.356 e. The average molecular weight is 306 g/mol. The molecule has 0 radical (unpaired) electrons. The van der Waals surface area contributed by atoms with Crippen LogP contribution in [0.15, 0.2) is 22.8 Å². The lowest BCUT2D eigenvalue weighted by atomic mass is 10.2. The molecule has 0 aromatic carbocycles. The standard InChI is InChI=1S/C14H22N6S/c1-11-19-13(10-21-11)5-7-17-14(15-2)16-6-4-12-8-18-20(3)9-12/h8-10H,4-7H2,1-3H3,(H2,15,16,17). The molecule has 6 nitrogen and oxygen atoms in total. The normalized spacial score (nSPS) is 11.7. The summed E-state index contributed by atoms with van der Waals surface area (Å²) in [7, 11) is 3.71. The quantitative estimate of drug-likeness (QED) is 0.620. The van der Waals surface area contributed by atoms with Crippen molar-refractivity contribution in [1.82, 2.24) is 25.4 Å². The first-order valence-electron chi connectivity index (χ1n) is 7.00. The number of thiazole rings is 1. The number of guanidine groups is 1. The van der Waals surface area contributed by atoms with Crippen LogP contribution in [0.1, 0.15) is 16.3 Å². The summed E-state index contributed by atoms with van der Waals surface area (Å²) in [6.45, 7) is 3.69. The van der Waals surface area contributed by atoms with Gasteiger partial charge in [0.2, 0.25) is 0 Å². The molecule has 0 aliphatic heterocycles. The van der Waals surface area contributed by atoms with Crippen LogP contribution in [-0.4, -0.2) is 40.9 Å². The molecule has 21 heavy (non-hydrogen) atoms. The Morgan fingerprint density at radius 1 is 1.33 bits per heavy atom. The summed E-state index contributed by atoms with van der Waals surface area (Å²) in [5.74, 6) is 0.825. The summed E-state index contributed by atoms with van der Waals surface area (Å²) in [4.78, 5) is 8.66. The number of hydrogen-bond donors (Lipinski definition) is 2. The Morgan fingerprint density at radius 2 is 2.10 bits per heavy atom. The van der Waals surface area contributed by atoms with Gasteiger partial charge in [0.1, 0.15) is 0 Å². The molecular formula is C14H22N6S. The van der Waals surface area contributed by atoms with Gasteiger partial charge in [0.25, 0.3) is 0 Å². The van der Waals surface area contributed by atoms with E-state index in [1.807, 2.05) is 31.0 Å². The Hall–Kier alpha value is -1.89. The smallest absolute Gasteiger partial charge is 0.190 e. The molecule has 0 atom stereocenters. The fourth-order valence-corrected chi connectivity index (χ4v) is 2.63. The molecule has 2 N–H and O–H groups in total. The highest BCUT2D eigenvalue weighted by Crippen LogP contribution is 2.07. The Kier molecular flexibility index (Phi) is 5.74. The number of nitrogens with zero attached hydrogens (tertiary/aromatic N) is 4. The molecule has 2 aromatic rings. The summed E-state index contributed by atoms with van der Waals surface area (Å²) in [6, 6.07) is 0. The van der Waals surface area contributed by atoms with E-state index in [1.165, 1.54) is 5.56 Å². The van der Waals surface area contributed by atoms with E-state index in [1.54, 1.807) is 18.4 Å². The van der Waals surface area contributed by atoms with Crippen LogP contribution in [0.4, 0.5) is 0 Å². The predicted octanol–water partition coefficient (Wildman–Crippen LogP) is 1.14. The Bertz CT molecular complexity index is 538. The summed E-state index contributed by atoms with van der Waals surface area (Å²) >= 11 is 1.69. The molecule has 0 aliphatic rings. The van der Waals surface area contributed by atoms with E-state index >= 15 is 0 Å². The van der Waals surface area contributed by atoms with Crippen molar-refractivity contribution in [3.63, 3.8) is 0 Å². The van der Waals surface area contributed by atoms with E-state index in [2.05, 4.69) is 31.1 Å². The zero-order chi connectivity index (χ0) is 15.1. The summed E-state index contributed by atoms with van der Waals surface area (Å²) in [6.07, 6.45) is 5.76. The lowest BCUT2D eigenvalue weighted by Crippen LogP contribution is -2.39. The monoisotopic (exact) mass is 306 g/mol. The zero-order valence-electron chi connectivity index (χ0n) is 12.8. The molecule has 0 saturated heterocycles. The van der Waals surface area contributed by atoms with Crippen LogP contribution in [0.3, 0.4) is 0 Å². The van der Waals surface area contributed by atoms with Crippen molar-refractivity contribution in [2.75, 3.05) is 20.1 Å². The number of aliphatic imine (C=N–C) groups is 1. The van der Waals surface area contributed by atoms with Gasteiger partial charge >= 0.3 is 0 Å². The highest BCUT2D eigenvalue weighted by Gasteiger charge is 2.01. The maximum atomic E-state index is 4.45. The minimum atomic E-state index is 0.825. The van der Waals surface area contributed by atoms with Crippen molar-refractivity contribution >= 4 is 17.3 Å². The van der Waals surface area contributed by atoms with Crippen LogP contribution in [0.2, 0.25) is 0 Å². The largest absolute Gasteiger partial charge is 0.356 e. The topological polar surface area (TPSA) is 67.1 Å². The number of rotatable bonds is 6. The summed E-state index contributed by atoms with van der Waals surface area (Å²) < 4.78 is 1.82. The van der Waals surface area contributed by atoms with Gasteiger partial charge in [-0.15, -0.1) is 11.3 Å². The third-order valence-corrected chi connectivity index (χ3v) is 3.85. The van der Waals surface area contributed by atoms with Crippen LogP contribution in [0.5, 0.6) is 0 Å². The molecule has 0 amide bonds. The van der Waals surface area contributed by atoms with Crippen LogP contribution in [-0.2, 0) is 19.9 Å². The average Bonchev–Trinajstić information content (AvgIpc) is 3.06. The first-order chi connectivity index (χ1) is 10.2. The lowest BCUT2D eigenvalue weighted by Gasteiger charge is -2.10. The molecule has 2 aromatic heterocycles. The molecule has 0 fully saturated rings. The van der Waals surface area contributed by atoms with Gasteiger partial charge in [-0.05, 0) is 18.9 Å². The molecule has 0 aliphatic carbocycles. The van der Waals surface area contributed by atoms with Crippen molar-refractivity contribution in [3.05, 3.63) is 34.0 Å². The van der Waals surface area contributed by atoms with E-state index in [0.29, 0.717) is 0 Å². The van der Waals surface area contributed by atoms with Gasteiger partial charge in [-0.1, -0.05) is 0 Å². The van der Waals surface area contributed by atoms with Crippen LogP contribution in [0.25, 0.3) is 0 Å². The minimum absolute atomic E-state index is 0.825. The number of aryl methyl sites for hydroxylation is 2. The first kappa shape index (κ1) is 15.5. The maximum absolute atomic E-state index is 4.45. The third kappa shape index (κ3) is 5.18. The third-order valence-electron chi connectivity index (χ3n) is 3.03. The van der Waals surface area contributed by atoms with Gasteiger partial charge in [-0.3, -0.25) is 9.67 Å². The fourth-order valence-electron chi connectivity index (χ4n) is 1.98. The maximum Gasteiger partial charge on any atom is 0.190 e. The highest BCUT2D eigenvalue weighted by molar-refractivity contribution is 7.09. The van der Waals surface area contributed by atoms with Gasteiger partial charge in [0, 0.05) is 45.2 Å². The fraction of sp³-hybridized carbons (Fsp3) is 0.500. The molecule has 0 spiro atoms. The number of aromatic nitrogens is 3. The molecule has 0 bridgehead atoms. The van der Waals surface area contributed by atoms with E-state index in [-0.39, 0.29) is 0 Å². The lowest BCUT2D eigenvalue weighted by molar-refractivity contribution is 0.763. The second-order valence-corrected chi connectivity index (χ2v) is 5.87. The highest BCUT2D eigenvalue weighted by atomic mass is 32.1. The van der Waals surface area contributed by atoms with E-state index in [9.17, 15) is 0 Å². The van der Waals surface area contributed by atoms with E-state index in [4.69, 9.17) is 0 Å². The van der Waals surface area contributed by atoms with Gasteiger partial charge < -0.3 is 10.6 Å². The molecule has 7 heteroatoms. The SMILES string of the molecule is CN=C(NCCc1cnn(C)c1)NCCc1csc(C)n1. The molecule has 114 valence electrons. The molecular weight excluding hydrogens is 284 g/mol. The van der Waals surface area contributed by atoms with Crippen molar-refractivity contribution < 1.29 is 0 Å². The number of nitrogens with one attached hydrogen (secondary N) is 2. The van der Waals surface area contributed by atoms with Crippen molar-refractivity contribution in [1.29, 1.82) is 0 Å². The van der Waals surface area contributed by atoms with Crippen molar-refractivity contribution in [3.8, 4) is 0 Å². The van der Waals surface area contributed by atoms with Gasteiger partial charge in [0.05, 0.1) is 16.9 Å². The summed E-state index contributed by atoms with van der Waals surface area (Å²) in [5, 5.41) is 14.0. The van der Waals surface area contributed by atoms with E-state index in [0.717, 1.165) is 42.6 Å². The van der Waals surface area contributed by atoms with Crippen LogP contribution >= 0.6 is 11.3 Å². The van der Waals surface area contributed by atoms with Crippen molar-refractivity contribution in [2.24, 2.45) is 12.0 Å². The second kappa shape index (κ2) is 7.78. The Balaban J connectivity index is 1.66. The predicted molar refractivity (Wildman–Crippen MR) is 86.8 cm³/mol. The molecule has 2 heterocycles. The Labute approximate surface area is 129 Å². The zero-order valence-corrected chi connectivity index (χ0v) is 13.6. The number of hydrogen-bond acceptors (Lipinski definition) is 4. The van der Waals surface area contributed by atoms with Crippen LogP contribution < -0.4 is 10.6 Å². The molecule has 0 unspecified atom stereocenters. The molecule has 2 rings (SSSR count). The second-order valence-electron chi connectivity index (χ2n) is 4.81. The van der Waals surface area contributed by atoms with Crippen LogP contribution in [0, 0.1) is 6.92 Å². The summed E-state index contributed by atoms with van der Waals surface area (Å²) in [5.41, 5.74) is 2.36. The van der Waals surface area contributed by atoms with Gasteiger partial charge in [-0.2, -0.15) is 5.10 Å². The van der Waals surface area contributed by atoms with Crippen molar-refractivity contribution in [2.45, 2.75) is 19.8 Å². The van der Waals surface area contributed by atoms with E-state index < -0.39 is 0 Å². The molecule has 0 saturated carbocycles.